The first-order valence-electron chi connectivity index (χ1n) is 18.9. The topological polar surface area (TPSA) is 163 Å². The lowest BCUT2D eigenvalue weighted by Gasteiger charge is -2.42. The number of piperazine rings is 1. The minimum absolute atomic E-state index is 0.0386. The summed E-state index contributed by atoms with van der Waals surface area (Å²) in [5.41, 5.74) is 4.81. The van der Waals surface area contributed by atoms with Gasteiger partial charge in [-0.3, -0.25) is 24.7 Å². The third kappa shape index (κ3) is 7.93. The van der Waals surface area contributed by atoms with Gasteiger partial charge in [0.05, 0.1) is 28.4 Å². The number of aromatic nitrogens is 3. The van der Waals surface area contributed by atoms with Crippen LogP contribution in [0.3, 0.4) is 0 Å². The van der Waals surface area contributed by atoms with Gasteiger partial charge in [0.2, 0.25) is 11.9 Å². The summed E-state index contributed by atoms with van der Waals surface area (Å²) in [5.74, 6) is -0.793. The van der Waals surface area contributed by atoms with Crippen LogP contribution in [0.4, 0.5) is 37.9 Å². The quantitative estimate of drug-likeness (QED) is 0.203. The maximum absolute atomic E-state index is 15.3. The number of imide groups is 1. The molecule has 1 aliphatic carbocycles. The van der Waals surface area contributed by atoms with Gasteiger partial charge >= 0.3 is 6.03 Å². The van der Waals surface area contributed by atoms with Gasteiger partial charge in [0, 0.05) is 80.4 Å². The lowest BCUT2D eigenvalue weighted by atomic mass is 9.89. The van der Waals surface area contributed by atoms with E-state index >= 15 is 4.39 Å². The first-order valence-corrected chi connectivity index (χ1v) is 19.3. The predicted octanol–water partition coefficient (Wildman–Crippen LogP) is 5.15. The summed E-state index contributed by atoms with van der Waals surface area (Å²) in [6.07, 6.45) is 5.91. The van der Waals surface area contributed by atoms with Crippen LogP contribution in [-0.2, 0) is 17.8 Å². The van der Waals surface area contributed by atoms with Gasteiger partial charge in [0.25, 0.3) is 5.91 Å². The molecule has 0 unspecified atom stereocenters. The van der Waals surface area contributed by atoms with Crippen molar-refractivity contribution >= 4 is 58.1 Å². The average molecular weight is 778 g/mol. The molecule has 56 heavy (non-hydrogen) atoms. The van der Waals surface area contributed by atoms with Gasteiger partial charge in [-0.25, -0.2) is 19.7 Å². The van der Waals surface area contributed by atoms with E-state index in [-0.39, 0.29) is 29.4 Å². The molecule has 3 N–H and O–H groups in total. The Morgan fingerprint density at radius 2 is 1.62 bits per heavy atom. The van der Waals surface area contributed by atoms with Gasteiger partial charge in [-0.2, -0.15) is 9.65 Å². The van der Waals surface area contributed by atoms with Crippen LogP contribution >= 0.6 is 11.6 Å². The molecular weight excluding hydrogens is 737 g/mol. The normalized spacial score (nSPS) is 20.2. The van der Waals surface area contributed by atoms with E-state index in [1.54, 1.807) is 23.1 Å². The number of rotatable bonds is 8. The second kappa shape index (κ2) is 16.1. The largest absolute Gasteiger partial charge is 0.369 e. The number of carbonyl (C=O) groups is 3. The highest BCUT2D eigenvalue weighted by Crippen LogP contribution is 2.31. The Kier molecular flexibility index (Phi) is 10.7. The van der Waals surface area contributed by atoms with Crippen LogP contribution < -0.4 is 30.7 Å². The number of pyridine rings is 1. The smallest absolute Gasteiger partial charge is 0.328 e. The number of urea groups is 1. The second-order valence-electron chi connectivity index (χ2n) is 14.5. The molecule has 0 bridgehead atoms. The molecule has 288 valence electrons. The summed E-state index contributed by atoms with van der Waals surface area (Å²) in [4.78, 5) is 58.4. The van der Waals surface area contributed by atoms with E-state index in [0.29, 0.717) is 54.9 Å². The standard InChI is InChI=1S/C40H41ClFN11O3/c41-33-21-30(4-1-25(33)22-43)52-15-13-31-34(23-52)44-24-45-38(31)48-35-12-11-32(37(42)47-35)39(55)46-26-2-5-27(6-3-26)50-17-19-51(20-18-50)28-7-9-29(10-8-28)53-16-14-36(54)49-40(53)56/h1,4,7-12,21,24,26-27H,2-3,5-6,13-20,23H2,(H,46,55)(H,49,54,56)(H,44,45,47,48)/t26-,27+. The Labute approximate surface area is 328 Å². The molecule has 4 amide bonds. The summed E-state index contributed by atoms with van der Waals surface area (Å²) in [7, 11) is 0. The molecule has 2 aromatic heterocycles. The van der Waals surface area contributed by atoms with Gasteiger partial charge in [0.1, 0.15) is 24.0 Å². The summed E-state index contributed by atoms with van der Waals surface area (Å²) in [6, 6.07) is 18.4. The molecular formula is C40H41ClFN11O3. The lowest BCUT2D eigenvalue weighted by molar-refractivity contribution is -0.120. The van der Waals surface area contributed by atoms with Crippen molar-refractivity contribution in [3.63, 3.8) is 0 Å². The van der Waals surface area contributed by atoms with Crippen LogP contribution in [-0.4, -0.2) is 89.0 Å². The second-order valence-corrected chi connectivity index (χ2v) is 14.9. The zero-order valence-electron chi connectivity index (χ0n) is 30.7. The molecule has 8 rings (SSSR count). The Morgan fingerprint density at radius 3 is 2.34 bits per heavy atom. The number of nitrogens with zero attached hydrogens (tertiary/aromatic N) is 8. The van der Waals surface area contributed by atoms with Gasteiger partial charge in [-0.15, -0.1) is 0 Å². The number of nitrogens with one attached hydrogen (secondary N) is 3. The third-order valence-corrected chi connectivity index (χ3v) is 11.5. The van der Waals surface area contributed by atoms with Crippen LogP contribution in [0.25, 0.3) is 0 Å². The van der Waals surface area contributed by atoms with Crippen LogP contribution in [0.1, 0.15) is 59.3 Å². The third-order valence-electron chi connectivity index (χ3n) is 11.2. The average Bonchev–Trinajstić information content (AvgIpc) is 3.21. The van der Waals surface area contributed by atoms with Crippen LogP contribution in [0.2, 0.25) is 5.02 Å². The number of nitriles is 1. The fourth-order valence-corrected chi connectivity index (χ4v) is 8.33. The zero-order valence-corrected chi connectivity index (χ0v) is 31.4. The number of benzene rings is 2. The predicted molar refractivity (Wildman–Crippen MR) is 210 cm³/mol. The number of halogens is 2. The number of amides is 4. The summed E-state index contributed by atoms with van der Waals surface area (Å²) in [6.45, 7) is 5.20. The first-order chi connectivity index (χ1) is 27.2. The van der Waals surface area contributed by atoms with Crippen molar-refractivity contribution in [3.05, 3.63) is 94.3 Å². The highest BCUT2D eigenvalue weighted by Gasteiger charge is 2.31. The van der Waals surface area contributed by atoms with E-state index in [2.05, 4.69) is 51.7 Å². The van der Waals surface area contributed by atoms with Crippen LogP contribution in [0.5, 0.6) is 0 Å². The summed E-state index contributed by atoms with van der Waals surface area (Å²) < 4.78 is 15.3. The van der Waals surface area contributed by atoms with Crippen molar-refractivity contribution in [2.75, 3.05) is 59.3 Å². The maximum Gasteiger partial charge on any atom is 0.328 e. The molecule has 2 saturated heterocycles. The van der Waals surface area contributed by atoms with E-state index in [9.17, 15) is 19.6 Å². The van der Waals surface area contributed by atoms with Gasteiger partial charge in [-0.05, 0) is 86.7 Å². The lowest BCUT2D eigenvalue weighted by Crippen LogP contribution is -2.52. The molecule has 5 heterocycles. The first kappa shape index (κ1) is 37.1. The van der Waals surface area contributed by atoms with Crippen molar-refractivity contribution in [3.8, 4) is 6.07 Å². The Hall–Kier alpha value is -5.85. The number of hydrogen-bond donors (Lipinski definition) is 3. The van der Waals surface area contributed by atoms with Crippen LogP contribution in [0.15, 0.2) is 60.9 Å². The SMILES string of the molecule is N#Cc1ccc(N2CCc3c(ncnc3Nc3ccc(C(=O)N[C@H]4CC[C@@H](N5CCN(c6ccc(N7CCC(=O)NC7=O)cc6)CC5)CC4)c(F)n3)C2)cc1Cl. The highest BCUT2D eigenvalue weighted by atomic mass is 35.5. The van der Waals surface area contributed by atoms with E-state index in [0.717, 1.165) is 80.2 Å². The van der Waals surface area contributed by atoms with E-state index in [1.807, 2.05) is 30.3 Å². The zero-order chi connectivity index (χ0) is 38.8. The number of hydrogen-bond acceptors (Lipinski definition) is 11. The molecule has 3 aliphatic heterocycles. The summed E-state index contributed by atoms with van der Waals surface area (Å²) in [5, 5.41) is 18.1. The van der Waals surface area contributed by atoms with Gasteiger partial charge < -0.3 is 20.4 Å². The van der Waals surface area contributed by atoms with Crippen molar-refractivity contribution in [2.24, 2.45) is 0 Å². The molecule has 0 radical (unpaired) electrons. The van der Waals surface area contributed by atoms with Crippen molar-refractivity contribution < 1.29 is 18.8 Å². The molecule has 0 atom stereocenters. The maximum atomic E-state index is 15.3. The van der Waals surface area contributed by atoms with E-state index in [4.69, 9.17) is 11.6 Å². The minimum atomic E-state index is -0.853. The number of carbonyl (C=O) groups excluding carboxylic acids is 3. The molecule has 14 nitrogen and oxygen atoms in total. The monoisotopic (exact) mass is 777 g/mol. The Balaban J connectivity index is 0.800. The van der Waals surface area contributed by atoms with Crippen LogP contribution in [0, 0.1) is 17.3 Å². The van der Waals surface area contributed by atoms with Crippen molar-refractivity contribution in [2.45, 2.75) is 57.2 Å². The molecule has 4 aromatic rings. The fourth-order valence-electron chi connectivity index (χ4n) is 8.12. The van der Waals surface area contributed by atoms with Gasteiger partial charge in [-0.1, -0.05) is 11.6 Å². The number of fused-ring (bicyclic) bond motifs is 1. The minimum Gasteiger partial charge on any atom is -0.369 e. The molecule has 2 aromatic carbocycles. The number of anilines is 5. The fraction of sp³-hybridized carbons (Fsp3) is 0.375. The summed E-state index contributed by atoms with van der Waals surface area (Å²) >= 11 is 6.27. The molecule has 4 aliphatic rings. The van der Waals surface area contributed by atoms with Crippen molar-refractivity contribution in [1.29, 1.82) is 5.26 Å². The Morgan fingerprint density at radius 1 is 0.875 bits per heavy atom. The highest BCUT2D eigenvalue weighted by molar-refractivity contribution is 6.32. The molecule has 1 saturated carbocycles. The van der Waals surface area contributed by atoms with E-state index in [1.165, 1.54) is 12.4 Å². The molecule has 0 spiro atoms. The molecule has 3 fully saturated rings. The molecule has 16 heteroatoms. The van der Waals surface area contributed by atoms with Crippen molar-refractivity contribution in [1.82, 2.24) is 30.5 Å². The van der Waals surface area contributed by atoms with Gasteiger partial charge in [0.15, 0.2) is 0 Å². The van der Waals surface area contributed by atoms with E-state index < -0.39 is 11.9 Å². The Bertz CT molecular complexity index is 2180.